The van der Waals surface area contributed by atoms with Crippen LogP contribution in [-0.2, 0) is 11.2 Å². The maximum atomic E-state index is 13.4. The normalized spacial score (nSPS) is 14.5. The molecule has 1 aromatic rings. The van der Waals surface area contributed by atoms with E-state index in [2.05, 4.69) is 15.9 Å². The van der Waals surface area contributed by atoms with E-state index in [4.69, 9.17) is 10.5 Å². The summed E-state index contributed by atoms with van der Waals surface area (Å²) in [6.45, 7) is 0.715. The number of methoxy groups -OCH3 is 1. The third-order valence-electron chi connectivity index (χ3n) is 2.81. The lowest BCUT2D eigenvalue weighted by Crippen LogP contribution is -2.37. The third kappa shape index (κ3) is 4.31. The predicted octanol–water partition coefficient (Wildman–Crippen LogP) is 2.25. The van der Waals surface area contributed by atoms with Crippen molar-refractivity contribution in [3.8, 4) is 0 Å². The van der Waals surface area contributed by atoms with E-state index in [1.165, 1.54) is 13.2 Å². The molecule has 3 N–H and O–H groups in total. The highest BCUT2D eigenvalue weighted by Crippen LogP contribution is 2.26. The number of hydrogen-bond donors (Lipinski definition) is 2. The van der Waals surface area contributed by atoms with Crippen molar-refractivity contribution in [2.24, 2.45) is 5.73 Å². The first-order valence-electron chi connectivity index (χ1n) is 5.86. The monoisotopic (exact) mass is 319 g/mol. The van der Waals surface area contributed by atoms with Gasteiger partial charge in [-0.1, -0.05) is 12.1 Å². The molecule has 0 radical (unpaired) electrons. The zero-order chi connectivity index (χ0) is 13.6. The summed E-state index contributed by atoms with van der Waals surface area (Å²) in [6, 6.07) is 4.80. The molecule has 0 aliphatic rings. The second-order valence-electron chi connectivity index (χ2n) is 4.44. The van der Waals surface area contributed by atoms with Gasteiger partial charge in [-0.15, -0.1) is 0 Å². The molecule has 0 spiro atoms. The molecule has 5 heteroatoms. The molecule has 1 aromatic carbocycles. The molecule has 0 heterocycles. The van der Waals surface area contributed by atoms with Crippen LogP contribution in [0.25, 0.3) is 0 Å². The van der Waals surface area contributed by atoms with Crippen LogP contribution in [-0.4, -0.2) is 31.0 Å². The number of rotatable bonds is 7. The van der Waals surface area contributed by atoms with Crippen LogP contribution in [0.4, 0.5) is 4.39 Å². The third-order valence-corrected chi connectivity index (χ3v) is 3.70. The molecule has 1 atom stereocenters. The molecule has 0 amide bonds. The van der Waals surface area contributed by atoms with Crippen molar-refractivity contribution >= 4 is 15.9 Å². The van der Waals surface area contributed by atoms with Crippen LogP contribution in [0.3, 0.4) is 0 Å². The Bertz CT molecular complexity index is 389. The van der Waals surface area contributed by atoms with Crippen LogP contribution in [0.5, 0.6) is 0 Å². The molecule has 0 aliphatic carbocycles. The molecule has 1 unspecified atom stereocenters. The number of nitrogens with two attached hydrogens (primary N) is 1. The standard InChI is InChI=1S/C13H19BrFNO2/c1-18-9-13(17,6-3-7-16)8-10-4-2-5-11(15)12(10)14/h2,4-5,17H,3,6-9,16H2,1H3. The van der Waals surface area contributed by atoms with Crippen molar-refractivity contribution in [3.05, 3.63) is 34.1 Å². The topological polar surface area (TPSA) is 55.5 Å². The molecule has 18 heavy (non-hydrogen) atoms. The van der Waals surface area contributed by atoms with Gasteiger partial charge >= 0.3 is 0 Å². The Morgan fingerprint density at radius 3 is 2.83 bits per heavy atom. The summed E-state index contributed by atoms with van der Waals surface area (Å²) in [4.78, 5) is 0. The summed E-state index contributed by atoms with van der Waals surface area (Å²) >= 11 is 3.20. The minimum atomic E-state index is -1.01. The van der Waals surface area contributed by atoms with E-state index >= 15 is 0 Å². The number of aliphatic hydroxyl groups is 1. The van der Waals surface area contributed by atoms with E-state index in [-0.39, 0.29) is 12.4 Å². The van der Waals surface area contributed by atoms with Gasteiger partial charge in [-0.2, -0.15) is 0 Å². The summed E-state index contributed by atoms with van der Waals surface area (Å²) in [6.07, 6.45) is 1.56. The zero-order valence-corrected chi connectivity index (χ0v) is 12.0. The number of halogens is 2. The molecule has 0 saturated carbocycles. The van der Waals surface area contributed by atoms with Gasteiger partial charge in [0.2, 0.25) is 0 Å². The lowest BCUT2D eigenvalue weighted by atomic mass is 9.90. The lowest BCUT2D eigenvalue weighted by molar-refractivity contribution is -0.0376. The smallest absolute Gasteiger partial charge is 0.137 e. The molecule has 0 saturated heterocycles. The summed E-state index contributed by atoms with van der Waals surface area (Å²) in [7, 11) is 1.54. The molecule has 1 rings (SSSR count). The first kappa shape index (κ1) is 15.6. The van der Waals surface area contributed by atoms with Crippen molar-refractivity contribution < 1.29 is 14.2 Å². The van der Waals surface area contributed by atoms with Crippen LogP contribution < -0.4 is 5.73 Å². The Labute approximate surface area is 115 Å². The summed E-state index contributed by atoms with van der Waals surface area (Å²) < 4.78 is 18.9. The first-order chi connectivity index (χ1) is 8.52. The minimum Gasteiger partial charge on any atom is -0.387 e. The van der Waals surface area contributed by atoms with Gasteiger partial charge in [0.05, 0.1) is 16.7 Å². The van der Waals surface area contributed by atoms with Gasteiger partial charge in [0, 0.05) is 13.5 Å². The Morgan fingerprint density at radius 2 is 2.22 bits per heavy atom. The quantitative estimate of drug-likeness (QED) is 0.810. The zero-order valence-electron chi connectivity index (χ0n) is 10.5. The van der Waals surface area contributed by atoms with E-state index in [0.29, 0.717) is 30.3 Å². The van der Waals surface area contributed by atoms with Gasteiger partial charge in [0.1, 0.15) is 5.82 Å². The van der Waals surface area contributed by atoms with Crippen molar-refractivity contribution in [2.75, 3.05) is 20.3 Å². The second kappa shape index (κ2) is 7.19. The summed E-state index contributed by atoms with van der Waals surface area (Å²) in [5.74, 6) is -0.328. The Hall–Kier alpha value is -0.490. The lowest BCUT2D eigenvalue weighted by Gasteiger charge is -2.28. The highest BCUT2D eigenvalue weighted by atomic mass is 79.9. The maximum absolute atomic E-state index is 13.4. The van der Waals surface area contributed by atoms with Crippen LogP contribution in [0.2, 0.25) is 0 Å². The van der Waals surface area contributed by atoms with Gasteiger partial charge in [0.25, 0.3) is 0 Å². The summed E-state index contributed by atoms with van der Waals surface area (Å²) in [5, 5.41) is 10.5. The van der Waals surface area contributed by atoms with Gasteiger partial charge < -0.3 is 15.6 Å². The number of benzene rings is 1. The average Bonchev–Trinajstić information content (AvgIpc) is 2.33. The Morgan fingerprint density at radius 1 is 1.50 bits per heavy atom. The van der Waals surface area contributed by atoms with Gasteiger partial charge in [-0.25, -0.2) is 4.39 Å². The van der Waals surface area contributed by atoms with Gasteiger partial charge in [0.15, 0.2) is 0 Å². The number of ether oxygens (including phenoxy) is 1. The molecule has 0 aromatic heterocycles. The van der Waals surface area contributed by atoms with Crippen molar-refractivity contribution in [1.82, 2.24) is 0 Å². The molecule has 0 aliphatic heterocycles. The predicted molar refractivity (Wildman–Crippen MR) is 72.9 cm³/mol. The Kier molecular flexibility index (Phi) is 6.21. The van der Waals surface area contributed by atoms with E-state index in [1.807, 2.05) is 0 Å². The van der Waals surface area contributed by atoms with E-state index in [1.54, 1.807) is 12.1 Å². The molecule has 0 fully saturated rings. The highest BCUT2D eigenvalue weighted by molar-refractivity contribution is 9.10. The molecular formula is C13H19BrFNO2. The minimum absolute atomic E-state index is 0.204. The van der Waals surface area contributed by atoms with Crippen molar-refractivity contribution in [1.29, 1.82) is 0 Å². The fraction of sp³-hybridized carbons (Fsp3) is 0.538. The largest absolute Gasteiger partial charge is 0.387 e. The van der Waals surface area contributed by atoms with Gasteiger partial charge in [-0.05, 0) is 46.9 Å². The van der Waals surface area contributed by atoms with Crippen molar-refractivity contribution in [3.63, 3.8) is 0 Å². The van der Waals surface area contributed by atoms with Crippen LogP contribution >= 0.6 is 15.9 Å². The first-order valence-corrected chi connectivity index (χ1v) is 6.66. The van der Waals surface area contributed by atoms with E-state index in [0.717, 1.165) is 5.56 Å². The number of hydrogen-bond acceptors (Lipinski definition) is 3. The van der Waals surface area contributed by atoms with E-state index in [9.17, 15) is 9.50 Å². The Balaban J connectivity index is 2.85. The molecule has 0 bridgehead atoms. The summed E-state index contributed by atoms with van der Waals surface area (Å²) in [5.41, 5.74) is 5.18. The fourth-order valence-corrected chi connectivity index (χ4v) is 2.36. The van der Waals surface area contributed by atoms with Crippen LogP contribution in [0, 0.1) is 5.82 Å². The molecule has 102 valence electrons. The SMILES string of the molecule is COCC(O)(CCCN)Cc1cccc(F)c1Br. The molecular weight excluding hydrogens is 301 g/mol. The van der Waals surface area contributed by atoms with Gasteiger partial charge in [-0.3, -0.25) is 0 Å². The fourth-order valence-electron chi connectivity index (χ4n) is 1.95. The van der Waals surface area contributed by atoms with Crippen molar-refractivity contribution in [2.45, 2.75) is 24.9 Å². The highest BCUT2D eigenvalue weighted by Gasteiger charge is 2.28. The van der Waals surface area contributed by atoms with Crippen LogP contribution in [0.1, 0.15) is 18.4 Å². The van der Waals surface area contributed by atoms with Crippen LogP contribution in [0.15, 0.2) is 22.7 Å². The van der Waals surface area contributed by atoms with E-state index < -0.39 is 5.60 Å². The molecule has 3 nitrogen and oxygen atoms in total. The average molecular weight is 320 g/mol. The second-order valence-corrected chi connectivity index (χ2v) is 5.23. The maximum Gasteiger partial charge on any atom is 0.137 e.